The van der Waals surface area contributed by atoms with Gasteiger partial charge in [-0.25, -0.2) is 9.97 Å². The molecule has 3 heteroatoms. The van der Waals surface area contributed by atoms with Gasteiger partial charge in [0.15, 0.2) is 0 Å². The first kappa shape index (κ1) is 20.8. The average Bonchev–Trinajstić information content (AvgIpc) is 3.24. The van der Waals surface area contributed by atoms with Crippen molar-refractivity contribution in [3.8, 4) is 11.3 Å². The summed E-state index contributed by atoms with van der Waals surface area (Å²) in [6, 6.07) is 20.4. The summed E-state index contributed by atoms with van der Waals surface area (Å²) in [5, 5.41) is 4.00. The van der Waals surface area contributed by atoms with Crippen molar-refractivity contribution in [2.24, 2.45) is 5.92 Å². The second-order valence-electron chi connectivity index (χ2n) is 10.0. The molecule has 6 rings (SSSR count). The average molecular weight is 451 g/mol. The first-order valence-corrected chi connectivity index (χ1v) is 13.2. The number of benzene rings is 3. The van der Waals surface area contributed by atoms with Crippen molar-refractivity contribution < 1.29 is 0 Å². The van der Waals surface area contributed by atoms with Gasteiger partial charge in [-0.2, -0.15) is 0 Å². The van der Waals surface area contributed by atoms with Gasteiger partial charge in [0.1, 0.15) is 6.33 Å². The van der Waals surface area contributed by atoms with E-state index in [9.17, 15) is 0 Å². The molecule has 1 aliphatic rings. The molecule has 0 atom stereocenters. The lowest BCUT2D eigenvalue weighted by Gasteiger charge is -2.24. The Hall–Kier alpha value is -2.78. The molecule has 0 saturated heterocycles. The van der Waals surface area contributed by atoms with Crippen molar-refractivity contribution in [2.75, 3.05) is 0 Å². The molecule has 2 nitrogen and oxygen atoms in total. The zero-order valence-corrected chi connectivity index (χ0v) is 20.3. The van der Waals surface area contributed by atoms with E-state index >= 15 is 0 Å². The molecule has 0 radical (unpaired) electrons. The van der Waals surface area contributed by atoms with E-state index < -0.39 is 0 Å². The van der Waals surface area contributed by atoms with Crippen LogP contribution >= 0.6 is 11.3 Å². The van der Waals surface area contributed by atoms with Crippen LogP contribution in [0.1, 0.15) is 63.0 Å². The Kier molecular flexibility index (Phi) is 5.38. The lowest BCUT2D eigenvalue weighted by Crippen LogP contribution is -2.05. The van der Waals surface area contributed by atoms with E-state index in [4.69, 9.17) is 9.97 Å². The van der Waals surface area contributed by atoms with Crippen LogP contribution in [0.5, 0.6) is 0 Å². The third-order valence-corrected chi connectivity index (χ3v) is 8.48. The van der Waals surface area contributed by atoms with Crippen LogP contribution in [-0.2, 0) is 6.42 Å². The standard InChI is InChI=1S/C30H30N2S/c1-19(2)15-22-12-8-14-25-28-30(33-29(22)25)27(31-18-32-28)23-16-21-11-6-7-13-24(21)26(17-23)20-9-4-3-5-10-20/h6-8,11-14,16-20H,3-5,9-10,15H2,1-2H3. The molecule has 5 aromatic rings. The van der Waals surface area contributed by atoms with Crippen LogP contribution in [0, 0.1) is 5.92 Å². The van der Waals surface area contributed by atoms with Crippen molar-refractivity contribution >= 4 is 42.4 Å². The van der Waals surface area contributed by atoms with Crippen molar-refractivity contribution in [1.29, 1.82) is 0 Å². The van der Waals surface area contributed by atoms with Crippen LogP contribution in [0.3, 0.4) is 0 Å². The number of thiophene rings is 1. The minimum atomic E-state index is 0.630. The molecule has 33 heavy (non-hydrogen) atoms. The predicted octanol–water partition coefficient (Wildman–Crippen LogP) is 8.91. The number of hydrogen-bond acceptors (Lipinski definition) is 3. The molecule has 2 aromatic heterocycles. The highest BCUT2D eigenvalue weighted by Crippen LogP contribution is 2.43. The first-order chi connectivity index (χ1) is 16.2. The highest BCUT2D eigenvalue weighted by Gasteiger charge is 2.21. The number of aromatic nitrogens is 2. The summed E-state index contributed by atoms with van der Waals surface area (Å²) in [4.78, 5) is 9.61. The fourth-order valence-electron chi connectivity index (χ4n) is 5.69. The molecule has 0 N–H and O–H groups in total. The zero-order valence-electron chi connectivity index (χ0n) is 19.5. The minimum Gasteiger partial charge on any atom is -0.235 e. The molecule has 0 amide bonds. The molecule has 1 saturated carbocycles. The fourth-order valence-corrected chi connectivity index (χ4v) is 6.98. The fraction of sp³-hybridized carbons (Fsp3) is 0.333. The van der Waals surface area contributed by atoms with Gasteiger partial charge in [0.25, 0.3) is 0 Å². The maximum Gasteiger partial charge on any atom is 0.116 e. The van der Waals surface area contributed by atoms with E-state index in [1.165, 1.54) is 74.4 Å². The Morgan fingerprint density at radius 3 is 2.55 bits per heavy atom. The van der Waals surface area contributed by atoms with Crippen molar-refractivity contribution in [1.82, 2.24) is 9.97 Å². The van der Waals surface area contributed by atoms with E-state index in [1.807, 2.05) is 11.3 Å². The first-order valence-electron chi connectivity index (χ1n) is 12.4. The van der Waals surface area contributed by atoms with Crippen LogP contribution in [-0.4, -0.2) is 9.97 Å². The Labute approximate surface area is 199 Å². The zero-order chi connectivity index (χ0) is 22.4. The van der Waals surface area contributed by atoms with E-state index in [0.717, 1.165) is 17.6 Å². The van der Waals surface area contributed by atoms with E-state index in [2.05, 4.69) is 68.4 Å². The van der Waals surface area contributed by atoms with Crippen LogP contribution in [0.2, 0.25) is 0 Å². The Morgan fingerprint density at radius 2 is 1.70 bits per heavy atom. The molecule has 0 unspecified atom stereocenters. The maximum atomic E-state index is 4.86. The van der Waals surface area contributed by atoms with Gasteiger partial charge in [0, 0.05) is 15.6 Å². The lowest BCUT2D eigenvalue weighted by molar-refractivity contribution is 0.445. The number of rotatable bonds is 4. The summed E-state index contributed by atoms with van der Waals surface area (Å²) in [6.07, 6.45) is 9.51. The quantitative estimate of drug-likeness (QED) is 0.273. The van der Waals surface area contributed by atoms with Gasteiger partial charge in [-0.15, -0.1) is 11.3 Å². The molecule has 3 aromatic carbocycles. The molecule has 166 valence electrons. The van der Waals surface area contributed by atoms with E-state index in [1.54, 1.807) is 6.33 Å². The smallest absolute Gasteiger partial charge is 0.116 e. The van der Waals surface area contributed by atoms with Gasteiger partial charge < -0.3 is 0 Å². The molecule has 1 aliphatic carbocycles. The summed E-state index contributed by atoms with van der Waals surface area (Å²) >= 11 is 1.87. The van der Waals surface area contributed by atoms with Gasteiger partial charge in [0.05, 0.1) is 15.9 Å². The van der Waals surface area contributed by atoms with Crippen molar-refractivity contribution in [3.63, 3.8) is 0 Å². The molecule has 1 fully saturated rings. The highest BCUT2D eigenvalue weighted by molar-refractivity contribution is 7.26. The van der Waals surface area contributed by atoms with Crippen LogP contribution < -0.4 is 0 Å². The highest BCUT2D eigenvalue weighted by atomic mass is 32.1. The second kappa shape index (κ2) is 8.53. The summed E-state index contributed by atoms with van der Waals surface area (Å²) in [7, 11) is 0. The predicted molar refractivity (Wildman–Crippen MR) is 142 cm³/mol. The molecule has 0 aliphatic heterocycles. The Morgan fingerprint density at radius 1 is 0.879 bits per heavy atom. The van der Waals surface area contributed by atoms with Crippen molar-refractivity contribution in [3.05, 3.63) is 72.1 Å². The number of hydrogen-bond donors (Lipinski definition) is 0. The molecule has 0 bridgehead atoms. The SMILES string of the molecule is CC(C)Cc1cccc2c1sc1c(-c3cc(C4CCCCC4)c4ccccc4c3)ncnc12. The van der Waals surface area contributed by atoms with E-state index in [-0.39, 0.29) is 0 Å². The van der Waals surface area contributed by atoms with Gasteiger partial charge in [-0.1, -0.05) is 75.6 Å². The normalized spacial score (nSPS) is 15.2. The second-order valence-corrected chi connectivity index (χ2v) is 11.0. The molecular formula is C30H30N2S. The van der Waals surface area contributed by atoms with Crippen LogP contribution in [0.15, 0.2) is 60.9 Å². The third kappa shape index (κ3) is 3.73. The van der Waals surface area contributed by atoms with Gasteiger partial charge >= 0.3 is 0 Å². The monoisotopic (exact) mass is 450 g/mol. The Bertz CT molecular complexity index is 1460. The Balaban J connectivity index is 1.58. The topological polar surface area (TPSA) is 25.8 Å². The molecule has 0 spiro atoms. The van der Waals surface area contributed by atoms with Crippen LogP contribution in [0.4, 0.5) is 0 Å². The van der Waals surface area contributed by atoms with Crippen LogP contribution in [0.25, 0.3) is 42.3 Å². The number of fused-ring (bicyclic) bond motifs is 4. The summed E-state index contributed by atoms with van der Waals surface area (Å²) in [6.45, 7) is 4.58. The third-order valence-electron chi connectivity index (χ3n) is 7.20. The molecular weight excluding hydrogens is 420 g/mol. The van der Waals surface area contributed by atoms with Gasteiger partial charge in [-0.05, 0) is 65.1 Å². The minimum absolute atomic E-state index is 0.630. The van der Waals surface area contributed by atoms with Crippen molar-refractivity contribution in [2.45, 2.75) is 58.3 Å². The van der Waals surface area contributed by atoms with Gasteiger partial charge in [-0.3, -0.25) is 0 Å². The lowest BCUT2D eigenvalue weighted by atomic mass is 9.81. The van der Waals surface area contributed by atoms with Gasteiger partial charge in [0.2, 0.25) is 0 Å². The summed E-state index contributed by atoms with van der Waals surface area (Å²) in [5.74, 6) is 1.28. The largest absolute Gasteiger partial charge is 0.235 e. The maximum absolute atomic E-state index is 4.86. The van der Waals surface area contributed by atoms with E-state index in [0.29, 0.717) is 11.8 Å². The number of nitrogens with zero attached hydrogens (tertiary/aromatic N) is 2. The summed E-state index contributed by atoms with van der Waals surface area (Å²) in [5.41, 5.74) is 6.35. The molecule has 2 heterocycles. The summed E-state index contributed by atoms with van der Waals surface area (Å²) < 4.78 is 2.59.